The summed E-state index contributed by atoms with van der Waals surface area (Å²) in [6.45, 7) is 4.17. The number of hydrogen-bond acceptors (Lipinski definition) is 2. The number of aromatic amines is 4. The third-order valence-electron chi connectivity index (χ3n) is 7.99. The molecule has 46 heavy (non-hydrogen) atoms. The molecular formula is C38H34Br2N4O2. The summed E-state index contributed by atoms with van der Waals surface area (Å²) >= 11 is 7.13. The maximum Gasteiger partial charge on any atom is 0.153 e. The van der Waals surface area contributed by atoms with E-state index in [1.165, 1.54) is 0 Å². The van der Waals surface area contributed by atoms with E-state index in [9.17, 15) is 0 Å². The standard InChI is InChI=1S/C38H34Br2N4O2/c1-3-35(39)45-29-13-5-23(6-14-29)37-31-17-9-25(41-31)21-27-11-19-33(43-27)38(24-7-15-30(16-8-24)46-36(40)4-2)34-20-12-28(44-34)22-26-10-18-32(37)42-26/h5-22,35-36,41-44H,3-4H2,1-2H3. The zero-order valence-electron chi connectivity index (χ0n) is 25.5. The fourth-order valence-corrected chi connectivity index (χ4v) is 6.11. The Balaban J connectivity index is 1.36. The Morgan fingerprint density at radius 1 is 0.500 bits per heavy atom. The number of halogens is 2. The van der Waals surface area contributed by atoms with Crippen molar-refractivity contribution in [2.24, 2.45) is 0 Å². The number of aromatic nitrogens is 4. The Bertz CT molecular complexity index is 2060. The van der Waals surface area contributed by atoms with Crippen molar-refractivity contribution in [1.82, 2.24) is 19.9 Å². The number of ether oxygens (including phenoxy) is 2. The number of nitrogens with one attached hydrogen (secondary N) is 4. The monoisotopic (exact) mass is 736 g/mol. The fourth-order valence-electron chi connectivity index (χ4n) is 5.68. The largest absolute Gasteiger partial charge is 0.479 e. The van der Waals surface area contributed by atoms with Gasteiger partial charge >= 0.3 is 0 Å². The maximum atomic E-state index is 5.97. The van der Waals surface area contributed by atoms with E-state index in [1.54, 1.807) is 0 Å². The first kappa shape index (κ1) is 30.3. The van der Waals surface area contributed by atoms with Crippen LogP contribution in [0, 0.1) is 0 Å². The van der Waals surface area contributed by atoms with E-state index >= 15 is 0 Å². The van der Waals surface area contributed by atoms with Crippen LogP contribution in [0.2, 0.25) is 0 Å². The van der Waals surface area contributed by atoms with E-state index in [4.69, 9.17) is 9.47 Å². The maximum absolute atomic E-state index is 5.97. The highest BCUT2D eigenvalue weighted by atomic mass is 79.9. The van der Waals surface area contributed by atoms with Gasteiger partial charge in [-0.05, 0) is 141 Å². The smallest absolute Gasteiger partial charge is 0.153 e. The number of hydrogen-bond donors (Lipinski definition) is 4. The molecule has 6 aromatic rings. The molecule has 6 nitrogen and oxygen atoms in total. The molecule has 2 atom stereocenters. The zero-order chi connectivity index (χ0) is 31.6. The van der Waals surface area contributed by atoms with Crippen LogP contribution < -0.4 is 30.9 Å². The Labute approximate surface area is 283 Å². The van der Waals surface area contributed by atoms with E-state index in [2.05, 4.69) is 151 Å². The minimum atomic E-state index is -0.0136. The van der Waals surface area contributed by atoms with Crippen molar-refractivity contribution in [3.63, 3.8) is 0 Å². The number of fused-ring (bicyclic) bond motifs is 8. The average molecular weight is 739 g/mol. The Morgan fingerprint density at radius 3 is 1.30 bits per heavy atom. The topological polar surface area (TPSA) is 81.6 Å². The fraction of sp³-hybridized carbons (Fsp3) is 0.158. The second kappa shape index (κ2) is 13.1. The molecule has 4 N–H and O–H groups in total. The number of alkyl halides is 2. The third kappa shape index (κ3) is 6.46. The molecule has 0 spiro atoms. The first-order valence-corrected chi connectivity index (χ1v) is 17.3. The van der Waals surface area contributed by atoms with Crippen molar-refractivity contribution in [3.8, 4) is 11.5 Å². The van der Waals surface area contributed by atoms with Crippen molar-refractivity contribution >= 4 is 55.2 Å². The average Bonchev–Trinajstić information content (AvgIpc) is 3.89. The molecule has 1 aliphatic rings. The van der Waals surface area contributed by atoms with Gasteiger partial charge < -0.3 is 29.4 Å². The molecule has 2 aromatic carbocycles. The predicted molar refractivity (Wildman–Crippen MR) is 192 cm³/mol. The number of H-pyrrole nitrogens is 4. The highest BCUT2D eigenvalue weighted by molar-refractivity contribution is 9.09. The van der Waals surface area contributed by atoms with Gasteiger partial charge in [0.05, 0.1) is 0 Å². The normalized spacial score (nSPS) is 13.9. The van der Waals surface area contributed by atoms with Crippen LogP contribution in [-0.4, -0.2) is 30.0 Å². The quantitative estimate of drug-likeness (QED) is 0.135. The van der Waals surface area contributed by atoms with Crippen LogP contribution >= 0.6 is 31.9 Å². The van der Waals surface area contributed by atoms with Crippen LogP contribution in [0.5, 0.6) is 11.5 Å². The Morgan fingerprint density at radius 2 is 0.913 bits per heavy atom. The van der Waals surface area contributed by atoms with Gasteiger partial charge in [-0.3, -0.25) is 0 Å². The lowest BCUT2D eigenvalue weighted by molar-refractivity contribution is 0.290. The highest BCUT2D eigenvalue weighted by Crippen LogP contribution is 2.26. The minimum absolute atomic E-state index is 0.0136. The first-order valence-electron chi connectivity index (χ1n) is 15.5. The molecule has 0 saturated carbocycles. The molecule has 8 heteroatoms. The van der Waals surface area contributed by atoms with E-state index in [0.717, 1.165) is 90.8 Å². The van der Waals surface area contributed by atoms with Gasteiger partial charge in [0.1, 0.15) is 11.5 Å². The Kier molecular flexibility index (Phi) is 8.65. The molecule has 0 amide bonds. The predicted octanol–water partition coefficient (Wildman–Crippen LogP) is 6.48. The third-order valence-corrected chi connectivity index (χ3v) is 9.66. The molecule has 0 saturated heterocycles. The number of rotatable bonds is 8. The number of benzene rings is 2. The molecule has 5 heterocycles. The summed E-state index contributed by atoms with van der Waals surface area (Å²) in [5.41, 5.74) is 8.36. The van der Waals surface area contributed by atoms with Gasteiger partial charge in [0.15, 0.2) is 10.0 Å². The molecule has 4 aromatic heterocycles. The first-order chi connectivity index (χ1) is 22.4. The SMILES string of the molecule is CCC(Br)Oc1ccc(C2=c3ccc([nH]3)=Cc3ccc([nH]3)C(c3ccc(OC(Br)CC)cc3)=c3ccc([nH]3)=Cc3ccc2[nH]3)cc1. The summed E-state index contributed by atoms with van der Waals surface area (Å²) < 4.78 is 11.9. The van der Waals surface area contributed by atoms with Gasteiger partial charge in [-0.2, -0.15) is 0 Å². The molecule has 2 unspecified atom stereocenters. The van der Waals surface area contributed by atoms with Gasteiger partial charge in [0.2, 0.25) is 0 Å². The van der Waals surface area contributed by atoms with E-state index in [-0.39, 0.29) is 10.0 Å². The summed E-state index contributed by atoms with van der Waals surface area (Å²) in [4.78, 5) is 14.6. The van der Waals surface area contributed by atoms with Crippen molar-refractivity contribution in [2.75, 3.05) is 0 Å². The van der Waals surface area contributed by atoms with Crippen molar-refractivity contribution < 1.29 is 9.47 Å². The van der Waals surface area contributed by atoms with Crippen molar-refractivity contribution in [1.29, 1.82) is 0 Å². The van der Waals surface area contributed by atoms with Crippen LogP contribution in [0.1, 0.15) is 60.6 Å². The van der Waals surface area contributed by atoms with Crippen LogP contribution in [0.15, 0.2) is 97.1 Å². The molecule has 0 fully saturated rings. The van der Waals surface area contributed by atoms with E-state index < -0.39 is 0 Å². The van der Waals surface area contributed by atoms with Crippen molar-refractivity contribution in [3.05, 3.63) is 152 Å². The minimum Gasteiger partial charge on any atom is -0.479 e. The second-order valence-electron chi connectivity index (χ2n) is 11.3. The highest BCUT2D eigenvalue weighted by Gasteiger charge is 2.14. The van der Waals surface area contributed by atoms with Crippen LogP contribution in [0.25, 0.3) is 23.3 Å². The van der Waals surface area contributed by atoms with Gasteiger partial charge in [0.25, 0.3) is 0 Å². The molecule has 232 valence electrons. The summed E-state index contributed by atoms with van der Waals surface area (Å²) in [6, 6.07) is 33.6. The summed E-state index contributed by atoms with van der Waals surface area (Å²) in [5.74, 6) is 1.66. The summed E-state index contributed by atoms with van der Waals surface area (Å²) in [7, 11) is 0. The molecule has 0 aliphatic carbocycles. The lowest BCUT2D eigenvalue weighted by Gasteiger charge is -2.12. The summed E-state index contributed by atoms with van der Waals surface area (Å²) in [5, 5.41) is 4.01. The molecule has 7 rings (SSSR count). The molecule has 0 radical (unpaired) electrons. The molecular weight excluding hydrogens is 704 g/mol. The lowest BCUT2D eigenvalue weighted by Crippen LogP contribution is -2.16. The van der Waals surface area contributed by atoms with Gasteiger partial charge in [-0.1, -0.05) is 38.1 Å². The van der Waals surface area contributed by atoms with Crippen molar-refractivity contribution in [2.45, 2.75) is 36.7 Å². The Hall–Kier alpha value is -4.40. The zero-order valence-corrected chi connectivity index (χ0v) is 28.7. The second-order valence-corrected chi connectivity index (χ2v) is 13.3. The van der Waals surface area contributed by atoms with Gasteiger partial charge in [-0.25, -0.2) is 0 Å². The summed E-state index contributed by atoms with van der Waals surface area (Å²) in [6.07, 6.45) is 6.04. The van der Waals surface area contributed by atoms with Gasteiger partial charge in [0, 0.05) is 55.3 Å². The lowest BCUT2D eigenvalue weighted by atomic mass is 10.0. The van der Waals surface area contributed by atoms with E-state index in [1.807, 2.05) is 24.3 Å². The van der Waals surface area contributed by atoms with Gasteiger partial charge in [-0.15, -0.1) is 0 Å². The van der Waals surface area contributed by atoms with Crippen LogP contribution in [0.3, 0.4) is 0 Å². The van der Waals surface area contributed by atoms with Crippen LogP contribution in [0.4, 0.5) is 0 Å². The molecule has 1 aliphatic heterocycles. The molecule has 8 bridgehead atoms. The van der Waals surface area contributed by atoms with Crippen LogP contribution in [-0.2, 0) is 0 Å². The van der Waals surface area contributed by atoms with E-state index in [0.29, 0.717) is 0 Å².